The van der Waals surface area contributed by atoms with Gasteiger partial charge in [0.05, 0.1) is 11.4 Å². The molecule has 2 N–H and O–H groups in total. The lowest BCUT2D eigenvalue weighted by atomic mass is 10.0. The summed E-state index contributed by atoms with van der Waals surface area (Å²) < 4.78 is 4.48. The standard InChI is InChI=1S/C16H17N3.C7H5NO3/c1-12-6-8-14(16(11-12)18-2)15(17)9-7-13-5-3-4-10-19-13;9-5-11-7-3-1-6(8-10)2-4-7/h3-11,17-18H,1-2H3;1-5H/b9-7+,17-15?;. The molecule has 0 atom stereocenters. The maximum atomic E-state index is 9.92. The van der Waals surface area contributed by atoms with Crippen LogP contribution >= 0.6 is 0 Å². The third kappa shape index (κ3) is 6.79. The lowest BCUT2D eigenvalue weighted by molar-refractivity contribution is -0.120. The molecule has 0 bridgehead atoms. The number of anilines is 1. The van der Waals surface area contributed by atoms with E-state index in [0.717, 1.165) is 16.9 Å². The number of ether oxygens (including phenoxy) is 1. The number of aryl methyl sites for hydroxylation is 1. The fraction of sp³-hybridized carbons (Fsp3) is 0.0870. The smallest absolute Gasteiger partial charge is 0.298 e. The number of allylic oxidation sites excluding steroid dienone is 1. The van der Waals surface area contributed by atoms with E-state index in [-0.39, 0.29) is 0 Å². The van der Waals surface area contributed by atoms with Gasteiger partial charge in [0.15, 0.2) is 0 Å². The molecular formula is C23H22N4O3. The van der Waals surface area contributed by atoms with Crippen molar-refractivity contribution in [3.63, 3.8) is 0 Å². The van der Waals surface area contributed by atoms with Crippen molar-refractivity contribution in [1.82, 2.24) is 4.98 Å². The van der Waals surface area contributed by atoms with Gasteiger partial charge >= 0.3 is 0 Å². The van der Waals surface area contributed by atoms with Gasteiger partial charge in [0, 0.05) is 24.5 Å². The van der Waals surface area contributed by atoms with Crippen LogP contribution in [0.1, 0.15) is 16.8 Å². The minimum absolute atomic E-state index is 0.309. The highest BCUT2D eigenvalue weighted by Crippen LogP contribution is 2.18. The minimum Gasteiger partial charge on any atom is -0.429 e. The normalized spacial score (nSPS) is 9.93. The first-order chi connectivity index (χ1) is 14.6. The van der Waals surface area contributed by atoms with Crippen LogP contribution < -0.4 is 10.1 Å². The van der Waals surface area contributed by atoms with Crippen LogP contribution in [0.5, 0.6) is 5.75 Å². The molecular weight excluding hydrogens is 380 g/mol. The Hall–Kier alpha value is -4.13. The monoisotopic (exact) mass is 402 g/mol. The molecule has 7 heteroatoms. The lowest BCUT2D eigenvalue weighted by Crippen LogP contribution is -2.01. The van der Waals surface area contributed by atoms with Crippen LogP contribution in [0.15, 0.2) is 78.1 Å². The third-order valence-electron chi connectivity index (χ3n) is 3.97. The molecule has 1 heterocycles. The molecule has 0 aliphatic heterocycles. The van der Waals surface area contributed by atoms with Crippen molar-refractivity contribution < 1.29 is 9.53 Å². The summed E-state index contributed by atoms with van der Waals surface area (Å²) in [6, 6.07) is 17.7. The van der Waals surface area contributed by atoms with Gasteiger partial charge in [0.1, 0.15) is 11.4 Å². The molecule has 2 aromatic carbocycles. The first-order valence-corrected chi connectivity index (χ1v) is 9.07. The molecule has 0 amide bonds. The van der Waals surface area contributed by atoms with Crippen LogP contribution in [0, 0.1) is 17.2 Å². The maximum absolute atomic E-state index is 9.92. The van der Waals surface area contributed by atoms with E-state index in [9.17, 15) is 9.70 Å². The van der Waals surface area contributed by atoms with E-state index >= 15 is 0 Å². The van der Waals surface area contributed by atoms with E-state index in [4.69, 9.17) is 5.41 Å². The SMILES string of the molecule is CNc1cc(C)ccc1C(=N)/C=C/c1ccccn1.O=COc1ccc(N=O)cc1. The summed E-state index contributed by atoms with van der Waals surface area (Å²) in [7, 11) is 1.87. The van der Waals surface area contributed by atoms with Gasteiger partial charge in [0.25, 0.3) is 6.47 Å². The summed E-state index contributed by atoms with van der Waals surface area (Å²) >= 11 is 0. The van der Waals surface area contributed by atoms with Gasteiger partial charge in [0.2, 0.25) is 0 Å². The number of benzene rings is 2. The van der Waals surface area contributed by atoms with Crippen molar-refractivity contribution >= 4 is 29.6 Å². The molecule has 0 unspecified atom stereocenters. The molecule has 3 aromatic rings. The zero-order valence-corrected chi connectivity index (χ0v) is 16.7. The second kappa shape index (κ2) is 11.7. The fourth-order valence-corrected chi connectivity index (χ4v) is 2.47. The zero-order chi connectivity index (χ0) is 21.8. The first-order valence-electron chi connectivity index (χ1n) is 9.07. The van der Waals surface area contributed by atoms with E-state index in [2.05, 4.69) is 20.2 Å². The number of pyridine rings is 1. The summed E-state index contributed by atoms with van der Waals surface area (Å²) in [5.74, 6) is 0.396. The predicted molar refractivity (Wildman–Crippen MR) is 119 cm³/mol. The Morgan fingerprint density at radius 1 is 1.13 bits per heavy atom. The van der Waals surface area contributed by atoms with Crippen LogP contribution in [0.2, 0.25) is 0 Å². The molecule has 0 spiro atoms. The molecule has 0 fully saturated rings. The van der Waals surface area contributed by atoms with E-state index < -0.39 is 0 Å². The summed E-state index contributed by atoms with van der Waals surface area (Å²) in [6.07, 6.45) is 5.36. The van der Waals surface area contributed by atoms with Crippen molar-refractivity contribution in [2.75, 3.05) is 12.4 Å². The molecule has 0 radical (unpaired) electrons. The quantitative estimate of drug-likeness (QED) is 0.324. The lowest BCUT2D eigenvalue weighted by Gasteiger charge is -2.09. The van der Waals surface area contributed by atoms with E-state index in [1.807, 2.05) is 56.4 Å². The first kappa shape index (κ1) is 22.2. The topological polar surface area (TPSA) is 104 Å². The molecule has 0 saturated carbocycles. The Labute approximate surface area is 174 Å². The molecule has 152 valence electrons. The summed E-state index contributed by atoms with van der Waals surface area (Å²) in [6.45, 7) is 2.36. The Morgan fingerprint density at radius 2 is 1.90 bits per heavy atom. The van der Waals surface area contributed by atoms with E-state index in [0.29, 0.717) is 23.6 Å². The Bertz CT molecular complexity index is 1020. The molecule has 0 aliphatic carbocycles. The van der Waals surface area contributed by atoms with Crippen molar-refractivity contribution in [3.05, 3.63) is 94.7 Å². The largest absolute Gasteiger partial charge is 0.429 e. The molecule has 0 saturated heterocycles. The number of aromatic nitrogens is 1. The molecule has 30 heavy (non-hydrogen) atoms. The van der Waals surface area contributed by atoms with Crippen LogP contribution in [0.3, 0.4) is 0 Å². The zero-order valence-electron chi connectivity index (χ0n) is 16.7. The minimum atomic E-state index is 0.309. The Kier molecular flexibility index (Phi) is 8.61. The van der Waals surface area contributed by atoms with Gasteiger partial charge in [-0.2, -0.15) is 0 Å². The average Bonchev–Trinajstić information content (AvgIpc) is 2.79. The van der Waals surface area contributed by atoms with Crippen molar-refractivity contribution in [1.29, 1.82) is 5.41 Å². The second-order valence-electron chi connectivity index (χ2n) is 6.10. The summed E-state index contributed by atoms with van der Waals surface area (Å²) in [5.41, 5.74) is 4.66. The third-order valence-corrected chi connectivity index (χ3v) is 3.97. The molecule has 1 aromatic heterocycles. The van der Waals surface area contributed by atoms with Gasteiger partial charge in [-0.05, 0) is 72.3 Å². The van der Waals surface area contributed by atoms with Crippen molar-refractivity contribution in [3.8, 4) is 5.75 Å². The Balaban J connectivity index is 0.000000248. The summed E-state index contributed by atoms with van der Waals surface area (Å²) in [5, 5.41) is 13.9. The Morgan fingerprint density at radius 3 is 2.50 bits per heavy atom. The number of nitrogens with zero attached hydrogens (tertiary/aromatic N) is 2. The molecule has 3 rings (SSSR count). The number of carbonyl (C=O) groups excluding carboxylic acids is 1. The number of hydrogen-bond acceptors (Lipinski definition) is 7. The van der Waals surface area contributed by atoms with Gasteiger partial charge in [-0.15, -0.1) is 4.91 Å². The number of rotatable bonds is 7. The van der Waals surface area contributed by atoms with Gasteiger partial charge in [-0.3, -0.25) is 9.78 Å². The van der Waals surface area contributed by atoms with Crippen LogP contribution in [0.25, 0.3) is 6.08 Å². The highest BCUT2D eigenvalue weighted by molar-refractivity contribution is 6.12. The molecule has 0 aliphatic rings. The number of nitrogens with one attached hydrogen (secondary N) is 2. The predicted octanol–water partition coefficient (Wildman–Crippen LogP) is 5.13. The second-order valence-corrected chi connectivity index (χ2v) is 6.10. The van der Waals surface area contributed by atoms with Crippen LogP contribution in [-0.2, 0) is 4.79 Å². The van der Waals surface area contributed by atoms with E-state index in [1.165, 1.54) is 29.8 Å². The maximum Gasteiger partial charge on any atom is 0.298 e. The van der Waals surface area contributed by atoms with Crippen LogP contribution in [0.4, 0.5) is 11.4 Å². The number of nitroso groups, excluding NO2 is 1. The fourth-order valence-electron chi connectivity index (χ4n) is 2.47. The number of hydrogen-bond donors (Lipinski definition) is 2. The molecule has 7 nitrogen and oxygen atoms in total. The van der Waals surface area contributed by atoms with Gasteiger partial charge in [-0.1, -0.05) is 18.2 Å². The summed E-state index contributed by atoms with van der Waals surface area (Å²) in [4.78, 5) is 23.9. The number of carbonyl (C=O) groups is 1. The van der Waals surface area contributed by atoms with Crippen LogP contribution in [-0.4, -0.2) is 24.2 Å². The van der Waals surface area contributed by atoms with E-state index in [1.54, 1.807) is 12.3 Å². The average molecular weight is 402 g/mol. The highest BCUT2D eigenvalue weighted by Gasteiger charge is 2.04. The van der Waals surface area contributed by atoms with Gasteiger partial charge in [-0.25, -0.2) is 0 Å². The highest BCUT2D eigenvalue weighted by atomic mass is 16.5. The van der Waals surface area contributed by atoms with Crippen molar-refractivity contribution in [2.24, 2.45) is 5.18 Å². The van der Waals surface area contributed by atoms with Gasteiger partial charge < -0.3 is 15.5 Å². The van der Waals surface area contributed by atoms with Crippen molar-refractivity contribution in [2.45, 2.75) is 6.92 Å².